The largest absolute Gasteiger partial charge is 0.460 e. The maximum absolute atomic E-state index is 12.9. The van der Waals surface area contributed by atoms with Gasteiger partial charge in [-0.2, -0.15) is 0 Å². The van der Waals surface area contributed by atoms with E-state index in [2.05, 4.69) is 15.6 Å². The van der Waals surface area contributed by atoms with Gasteiger partial charge in [0.05, 0.1) is 16.4 Å². The number of aromatic amines is 1. The quantitative estimate of drug-likeness (QED) is 0.383. The van der Waals surface area contributed by atoms with Crippen molar-refractivity contribution in [1.82, 2.24) is 15.6 Å². The number of benzene rings is 1. The average Bonchev–Trinajstić information content (AvgIpc) is 3.31. The van der Waals surface area contributed by atoms with Gasteiger partial charge in [0.2, 0.25) is 5.91 Å². The number of hydrogen-bond donors (Lipinski definition) is 3. The Morgan fingerprint density at radius 2 is 1.94 bits per heavy atom. The Hall–Kier alpha value is -2.84. The van der Waals surface area contributed by atoms with Gasteiger partial charge >= 0.3 is 5.97 Å². The summed E-state index contributed by atoms with van der Waals surface area (Å²) in [5.74, 6) is -1.31. The molecular formula is C23H24ClN3O4S. The van der Waals surface area contributed by atoms with Crippen molar-refractivity contribution in [2.45, 2.75) is 51.3 Å². The van der Waals surface area contributed by atoms with Gasteiger partial charge in [0, 0.05) is 5.39 Å². The topological polar surface area (TPSA) is 100 Å². The number of carbonyl (C=O) groups excluding carboxylic acids is 3. The Morgan fingerprint density at radius 1 is 1.19 bits per heavy atom. The normalized spacial score (nSPS) is 17.8. The number of halogens is 1. The maximum atomic E-state index is 12.9. The van der Waals surface area contributed by atoms with Crippen molar-refractivity contribution in [3.05, 3.63) is 57.6 Å². The second kappa shape index (κ2) is 8.60. The highest BCUT2D eigenvalue weighted by molar-refractivity contribution is 7.22. The Morgan fingerprint density at radius 3 is 2.66 bits per heavy atom. The van der Waals surface area contributed by atoms with Gasteiger partial charge in [-0.25, -0.2) is 0 Å². The van der Waals surface area contributed by atoms with Gasteiger partial charge in [-0.1, -0.05) is 35.9 Å². The fourth-order valence-electron chi connectivity index (χ4n) is 3.90. The highest BCUT2D eigenvalue weighted by Gasteiger charge is 2.35. The first-order chi connectivity index (χ1) is 15.1. The minimum absolute atomic E-state index is 0.270. The third-order valence-corrected chi connectivity index (χ3v) is 6.31. The van der Waals surface area contributed by atoms with E-state index in [0.29, 0.717) is 16.5 Å². The Kier molecular flexibility index (Phi) is 6.01. The smallest absolute Gasteiger partial charge is 0.315 e. The number of thiophene rings is 1. The average molecular weight is 474 g/mol. The molecule has 2 atom stereocenters. The van der Waals surface area contributed by atoms with Crippen molar-refractivity contribution in [1.29, 1.82) is 0 Å². The summed E-state index contributed by atoms with van der Waals surface area (Å²) in [6.07, 6.45) is 0.185. The molecule has 0 radical (unpaired) electrons. The van der Waals surface area contributed by atoms with Crippen molar-refractivity contribution < 1.29 is 19.1 Å². The van der Waals surface area contributed by atoms with E-state index in [1.807, 2.05) is 24.3 Å². The molecule has 1 aliphatic carbocycles. The number of esters is 1. The Labute approximate surface area is 194 Å². The molecule has 2 amide bonds. The zero-order chi connectivity index (χ0) is 23.0. The second-order valence-electron chi connectivity index (χ2n) is 8.81. The minimum Gasteiger partial charge on any atom is -0.460 e. The van der Waals surface area contributed by atoms with Crippen LogP contribution in [0, 0.1) is 0 Å². The highest BCUT2D eigenvalue weighted by Crippen LogP contribution is 2.33. The molecule has 168 valence electrons. The maximum Gasteiger partial charge on any atom is 0.315 e. The standard InChI is InChI=1S/C23H24ClN3O4S/c1-23(2,3)31-19(29)11-18(28)27-20-14-7-5-4-6-12(14)8-15(20)25-21(30)16-9-13-10-17(24)32-22(13)26-16/h4-7,9-10,15,20,26H,8,11H2,1-3H3,(H,25,30)(H,27,28)/t15-,20-/m1/s1. The van der Waals surface area contributed by atoms with Gasteiger partial charge < -0.3 is 20.4 Å². The van der Waals surface area contributed by atoms with Crippen LogP contribution < -0.4 is 10.6 Å². The van der Waals surface area contributed by atoms with Crippen LogP contribution in [0.1, 0.15) is 54.8 Å². The van der Waals surface area contributed by atoms with Crippen LogP contribution in [-0.4, -0.2) is 34.4 Å². The molecule has 2 heterocycles. The molecule has 0 fully saturated rings. The number of hydrogen-bond acceptors (Lipinski definition) is 5. The first-order valence-corrected chi connectivity index (χ1v) is 11.5. The van der Waals surface area contributed by atoms with E-state index < -0.39 is 23.5 Å². The van der Waals surface area contributed by atoms with Crippen LogP contribution in [0.5, 0.6) is 0 Å². The molecule has 7 nitrogen and oxygen atoms in total. The first-order valence-electron chi connectivity index (χ1n) is 10.3. The summed E-state index contributed by atoms with van der Waals surface area (Å²) >= 11 is 7.38. The number of aromatic nitrogens is 1. The molecule has 3 N–H and O–H groups in total. The number of fused-ring (bicyclic) bond motifs is 2. The molecule has 0 aliphatic heterocycles. The number of nitrogens with one attached hydrogen (secondary N) is 3. The second-order valence-corrected chi connectivity index (χ2v) is 10.5. The van der Waals surface area contributed by atoms with E-state index in [1.54, 1.807) is 32.9 Å². The SMILES string of the molecule is CC(C)(C)OC(=O)CC(=O)N[C@@H]1c2ccccc2C[C@H]1NC(=O)c1cc2cc(Cl)sc2[nH]1. The number of carbonyl (C=O) groups is 3. The molecule has 1 aromatic carbocycles. The monoisotopic (exact) mass is 473 g/mol. The lowest BCUT2D eigenvalue weighted by Crippen LogP contribution is -2.45. The number of amides is 2. The third kappa shape index (κ3) is 4.97. The van der Waals surface area contributed by atoms with E-state index >= 15 is 0 Å². The van der Waals surface area contributed by atoms with E-state index in [1.165, 1.54) is 11.3 Å². The minimum atomic E-state index is -0.665. The number of H-pyrrole nitrogens is 1. The Bertz CT molecular complexity index is 1160. The zero-order valence-electron chi connectivity index (χ0n) is 18.0. The zero-order valence-corrected chi connectivity index (χ0v) is 19.5. The fraction of sp³-hybridized carbons (Fsp3) is 0.348. The van der Waals surface area contributed by atoms with Gasteiger partial charge in [0.25, 0.3) is 5.91 Å². The number of rotatable bonds is 5. The summed E-state index contributed by atoms with van der Waals surface area (Å²) in [7, 11) is 0. The molecule has 32 heavy (non-hydrogen) atoms. The predicted molar refractivity (Wildman–Crippen MR) is 124 cm³/mol. The van der Waals surface area contributed by atoms with Gasteiger partial charge in [0.15, 0.2) is 0 Å². The van der Waals surface area contributed by atoms with Crippen molar-refractivity contribution in [3.8, 4) is 0 Å². The molecule has 9 heteroatoms. The third-order valence-electron chi connectivity index (χ3n) is 5.11. The summed E-state index contributed by atoms with van der Waals surface area (Å²) in [6.45, 7) is 5.25. The molecule has 0 unspecified atom stereocenters. The fourth-order valence-corrected chi connectivity index (χ4v) is 5.03. The van der Waals surface area contributed by atoms with E-state index in [-0.39, 0.29) is 18.4 Å². The molecule has 0 bridgehead atoms. The molecule has 0 saturated heterocycles. The van der Waals surface area contributed by atoms with Crippen LogP contribution in [0.3, 0.4) is 0 Å². The molecule has 3 aromatic rings. The van der Waals surface area contributed by atoms with Gasteiger partial charge in [-0.15, -0.1) is 11.3 Å². The van der Waals surface area contributed by atoms with Crippen LogP contribution in [0.4, 0.5) is 0 Å². The van der Waals surface area contributed by atoms with Crippen molar-refractivity contribution in [2.75, 3.05) is 0 Å². The molecule has 0 spiro atoms. The summed E-state index contributed by atoms with van der Waals surface area (Å²) in [5.41, 5.74) is 1.73. The van der Waals surface area contributed by atoms with Crippen LogP contribution >= 0.6 is 22.9 Å². The summed E-state index contributed by atoms with van der Waals surface area (Å²) < 4.78 is 5.89. The van der Waals surface area contributed by atoms with Crippen molar-refractivity contribution in [2.24, 2.45) is 0 Å². The summed E-state index contributed by atoms with van der Waals surface area (Å²) in [5, 5.41) is 6.81. The molecule has 1 aliphatic rings. The van der Waals surface area contributed by atoms with Gasteiger partial charge in [-0.3, -0.25) is 14.4 Å². The van der Waals surface area contributed by atoms with Crippen LogP contribution in [0.25, 0.3) is 10.2 Å². The molecular weight excluding hydrogens is 450 g/mol. The summed E-state index contributed by atoms with van der Waals surface area (Å²) in [4.78, 5) is 41.5. The lowest BCUT2D eigenvalue weighted by atomic mass is 10.1. The van der Waals surface area contributed by atoms with Crippen LogP contribution in [-0.2, 0) is 20.7 Å². The van der Waals surface area contributed by atoms with Crippen LogP contribution in [0.2, 0.25) is 4.34 Å². The van der Waals surface area contributed by atoms with E-state index in [9.17, 15) is 14.4 Å². The first kappa shape index (κ1) is 22.4. The lowest BCUT2D eigenvalue weighted by Gasteiger charge is -2.24. The highest BCUT2D eigenvalue weighted by atomic mass is 35.5. The van der Waals surface area contributed by atoms with E-state index in [0.717, 1.165) is 21.3 Å². The molecule has 2 aromatic heterocycles. The van der Waals surface area contributed by atoms with Crippen molar-refractivity contribution in [3.63, 3.8) is 0 Å². The van der Waals surface area contributed by atoms with E-state index in [4.69, 9.17) is 16.3 Å². The lowest BCUT2D eigenvalue weighted by molar-refractivity contribution is -0.156. The number of ether oxygens (including phenoxy) is 1. The predicted octanol–water partition coefficient (Wildman–Crippen LogP) is 4.13. The van der Waals surface area contributed by atoms with Gasteiger partial charge in [0.1, 0.15) is 22.5 Å². The molecule has 0 saturated carbocycles. The summed E-state index contributed by atoms with van der Waals surface area (Å²) in [6, 6.07) is 10.5. The Balaban J connectivity index is 1.48. The van der Waals surface area contributed by atoms with Crippen molar-refractivity contribution >= 4 is 50.9 Å². The van der Waals surface area contributed by atoms with Crippen LogP contribution in [0.15, 0.2) is 36.4 Å². The molecule has 4 rings (SSSR count). The van der Waals surface area contributed by atoms with Gasteiger partial charge in [-0.05, 0) is 50.5 Å².